The Morgan fingerprint density at radius 2 is 2.06 bits per heavy atom. The average Bonchev–Trinajstić information content (AvgIpc) is 2.15. The molecule has 0 heterocycles. The van der Waals surface area contributed by atoms with Crippen molar-refractivity contribution >= 4 is 21.8 Å². The lowest BCUT2D eigenvalue weighted by Gasteiger charge is -2.09. The van der Waals surface area contributed by atoms with Gasteiger partial charge >= 0.3 is 6.18 Å². The van der Waals surface area contributed by atoms with Crippen molar-refractivity contribution < 1.29 is 27.2 Å². The SMILES string of the molecule is O=C(NOCC(F)(F)F)c1c(F)cccc1Br. The monoisotopic (exact) mass is 315 g/mol. The highest BCUT2D eigenvalue weighted by Crippen LogP contribution is 2.19. The van der Waals surface area contributed by atoms with E-state index in [4.69, 9.17) is 0 Å². The Hall–Kier alpha value is -1.15. The number of nitrogens with one attached hydrogen (secondary N) is 1. The molecule has 1 aromatic carbocycles. The van der Waals surface area contributed by atoms with Crippen LogP contribution in [0.4, 0.5) is 17.6 Å². The minimum absolute atomic E-state index is 0.116. The van der Waals surface area contributed by atoms with Gasteiger partial charge in [-0.1, -0.05) is 6.07 Å². The Bertz CT molecular complexity index is 402. The van der Waals surface area contributed by atoms with Gasteiger partial charge in [-0.25, -0.2) is 9.87 Å². The molecule has 0 aliphatic carbocycles. The van der Waals surface area contributed by atoms with Gasteiger partial charge in [0.2, 0.25) is 0 Å². The zero-order chi connectivity index (χ0) is 13.1. The van der Waals surface area contributed by atoms with Crippen molar-refractivity contribution in [2.24, 2.45) is 0 Å². The van der Waals surface area contributed by atoms with E-state index in [9.17, 15) is 22.4 Å². The molecule has 1 aromatic rings. The number of alkyl halides is 3. The summed E-state index contributed by atoms with van der Waals surface area (Å²) in [6, 6.07) is 3.72. The molecule has 94 valence electrons. The van der Waals surface area contributed by atoms with Crippen LogP contribution in [-0.4, -0.2) is 18.7 Å². The fraction of sp³-hybridized carbons (Fsp3) is 0.222. The van der Waals surface area contributed by atoms with Gasteiger partial charge in [0.15, 0.2) is 6.61 Å². The summed E-state index contributed by atoms with van der Waals surface area (Å²) < 4.78 is 48.4. The summed E-state index contributed by atoms with van der Waals surface area (Å²) in [6.45, 7) is -1.65. The van der Waals surface area contributed by atoms with Crippen LogP contribution in [0.1, 0.15) is 10.4 Å². The lowest BCUT2D eigenvalue weighted by Crippen LogP contribution is -2.30. The highest BCUT2D eigenvalue weighted by Gasteiger charge is 2.28. The highest BCUT2D eigenvalue weighted by atomic mass is 79.9. The van der Waals surface area contributed by atoms with E-state index >= 15 is 0 Å². The third-order valence-corrected chi connectivity index (χ3v) is 2.25. The van der Waals surface area contributed by atoms with Crippen LogP contribution in [0.25, 0.3) is 0 Å². The van der Waals surface area contributed by atoms with E-state index in [0.717, 1.165) is 6.07 Å². The molecule has 0 atom stereocenters. The summed E-state index contributed by atoms with van der Waals surface area (Å²) >= 11 is 2.90. The minimum atomic E-state index is -4.57. The Kier molecular flexibility index (Phi) is 4.47. The maximum atomic E-state index is 13.2. The van der Waals surface area contributed by atoms with Crippen molar-refractivity contribution in [3.05, 3.63) is 34.1 Å². The topological polar surface area (TPSA) is 38.3 Å². The van der Waals surface area contributed by atoms with Crippen molar-refractivity contribution in [1.82, 2.24) is 5.48 Å². The van der Waals surface area contributed by atoms with Gasteiger partial charge in [0, 0.05) is 4.47 Å². The first-order valence-electron chi connectivity index (χ1n) is 4.24. The Labute approximate surface area is 102 Å². The summed E-state index contributed by atoms with van der Waals surface area (Å²) in [6.07, 6.45) is -4.57. The van der Waals surface area contributed by atoms with E-state index in [-0.39, 0.29) is 4.47 Å². The van der Waals surface area contributed by atoms with Crippen LogP contribution in [0.5, 0.6) is 0 Å². The zero-order valence-corrected chi connectivity index (χ0v) is 9.73. The summed E-state index contributed by atoms with van der Waals surface area (Å²) in [7, 11) is 0. The predicted octanol–water partition coefficient (Wildman–Crippen LogP) is 2.81. The van der Waals surface area contributed by atoms with Crippen LogP contribution in [0.2, 0.25) is 0 Å². The fourth-order valence-electron chi connectivity index (χ4n) is 0.949. The number of benzene rings is 1. The zero-order valence-electron chi connectivity index (χ0n) is 8.15. The summed E-state index contributed by atoms with van der Waals surface area (Å²) in [5.74, 6) is -1.97. The van der Waals surface area contributed by atoms with Gasteiger partial charge in [0.05, 0.1) is 5.56 Å². The average molecular weight is 316 g/mol. The molecule has 8 heteroatoms. The molecule has 0 aromatic heterocycles. The molecular weight excluding hydrogens is 310 g/mol. The number of carbonyl (C=O) groups is 1. The van der Waals surface area contributed by atoms with Crippen LogP contribution in [0.3, 0.4) is 0 Å². The Morgan fingerprint density at radius 1 is 1.41 bits per heavy atom. The third kappa shape index (κ3) is 4.31. The maximum absolute atomic E-state index is 13.2. The lowest BCUT2D eigenvalue weighted by molar-refractivity contribution is -0.184. The second-order valence-electron chi connectivity index (χ2n) is 2.93. The van der Waals surface area contributed by atoms with E-state index in [2.05, 4.69) is 20.8 Å². The van der Waals surface area contributed by atoms with E-state index in [0.29, 0.717) is 0 Å². The van der Waals surface area contributed by atoms with E-state index in [1.54, 1.807) is 0 Å². The number of hydroxylamine groups is 1. The molecule has 3 nitrogen and oxygen atoms in total. The lowest BCUT2D eigenvalue weighted by atomic mass is 10.2. The molecular formula is C9H6BrF4NO2. The van der Waals surface area contributed by atoms with E-state index < -0.39 is 30.1 Å². The highest BCUT2D eigenvalue weighted by molar-refractivity contribution is 9.10. The maximum Gasteiger partial charge on any atom is 0.414 e. The molecule has 0 radical (unpaired) electrons. The number of halogens is 5. The van der Waals surface area contributed by atoms with E-state index in [1.165, 1.54) is 17.6 Å². The first kappa shape index (κ1) is 13.9. The van der Waals surface area contributed by atoms with Crippen LogP contribution in [0, 0.1) is 5.82 Å². The summed E-state index contributed by atoms with van der Waals surface area (Å²) in [4.78, 5) is 15.2. The van der Waals surface area contributed by atoms with Crippen LogP contribution in [-0.2, 0) is 4.84 Å². The molecule has 1 amide bonds. The van der Waals surface area contributed by atoms with Gasteiger partial charge in [-0.3, -0.25) is 9.63 Å². The molecule has 1 rings (SSSR count). The summed E-state index contributed by atoms with van der Waals surface area (Å²) in [5.41, 5.74) is 1.09. The minimum Gasteiger partial charge on any atom is -0.267 e. The van der Waals surface area contributed by atoms with Crippen molar-refractivity contribution in [1.29, 1.82) is 0 Å². The number of rotatable bonds is 3. The molecule has 0 unspecified atom stereocenters. The van der Waals surface area contributed by atoms with Crippen molar-refractivity contribution in [2.75, 3.05) is 6.61 Å². The van der Waals surface area contributed by atoms with E-state index in [1.807, 2.05) is 0 Å². The van der Waals surface area contributed by atoms with Crippen LogP contribution in [0.15, 0.2) is 22.7 Å². The van der Waals surface area contributed by atoms with Crippen molar-refractivity contribution in [2.45, 2.75) is 6.18 Å². The molecule has 0 bridgehead atoms. The second kappa shape index (κ2) is 5.46. The third-order valence-electron chi connectivity index (χ3n) is 1.59. The molecule has 0 saturated carbocycles. The number of hydrogen-bond donors (Lipinski definition) is 1. The summed E-state index contributed by atoms with van der Waals surface area (Å²) in [5, 5.41) is 0. The Balaban J connectivity index is 2.65. The largest absolute Gasteiger partial charge is 0.414 e. The first-order valence-corrected chi connectivity index (χ1v) is 5.03. The standard InChI is InChI=1S/C9H6BrF4NO2/c10-5-2-1-3-6(11)7(5)8(16)15-17-4-9(12,13)14/h1-3H,4H2,(H,15,16). The quantitative estimate of drug-likeness (QED) is 0.688. The molecule has 0 spiro atoms. The van der Waals surface area contributed by atoms with Gasteiger partial charge in [-0.05, 0) is 28.1 Å². The number of hydrogen-bond acceptors (Lipinski definition) is 2. The van der Waals surface area contributed by atoms with Gasteiger partial charge in [-0.15, -0.1) is 0 Å². The van der Waals surface area contributed by atoms with Gasteiger partial charge < -0.3 is 0 Å². The predicted molar refractivity (Wildman–Crippen MR) is 53.6 cm³/mol. The molecule has 1 N–H and O–H groups in total. The second-order valence-corrected chi connectivity index (χ2v) is 3.79. The van der Waals surface area contributed by atoms with Gasteiger partial charge in [0.1, 0.15) is 5.82 Å². The van der Waals surface area contributed by atoms with Crippen LogP contribution >= 0.6 is 15.9 Å². The van der Waals surface area contributed by atoms with Crippen LogP contribution < -0.4 is 5.48 Å². The normalized spacial score (nSPS) is 11.4. The molecule has 0 aliphatic heterocycles. The first-order chi connectivity index (χ1) is 7.81. The fourth-order valence-corrected chi connectivity index (χ4v) is 1.47. The van der Waals surface area contributed by atoms with Crippen molar-refractivity contribution in [3.8, 4) is 0 Å². The molecule has 17 heavy (non-hydrogen) atoms. The molecule has 0 aliphatic rings. The smallest absolute Gasteiger partial charge is 0.267 e. The van der Waals surface area contributed by atoms with Gasteiger partial charge in [-0.2, -0.15) is 13.2 Å². The van der Waals surface area contributed by atoms with Gasteiger partial charge in [0.25, 0.3) is 5.91 Å². The van der Waals surface area contributed by atoms with Crippen molar-refractivity contribution in [3.63, 3.8) is 0 Å². The number of amides is 1. The molecule has 0 fully saturated rings. The number of carbonyl (C=O) groups excluding carboxylic acids is 1. The Morgan fingerprint density at radius 3 is 2.59 bits per heavy atom. The molecule has 0 saturated heterocycles.